The molecule has 0 fully saturated rings. The average molecular weight is 363 g/mol. The zero-order valence-electron chi connectivity index (χ0n) is 15.4. The SMILES string of the molecule is CCOc1ccc(C2CC(=O)N(c3ccc(C)cc3)C3=C2C(=O)OC3)cc1. The van der Waals surface area contributed by atoms with Gasteiger partial charge in [-0.2, -0.15) is 0 Å². The number of cyclic esters (lactones) is 1. The second-order valence-electron chi connectivity index (χ2n) is 6.76. The molecule has 0 bridgehead atoms. The fourth-order valence-corrected chi connectivity index (χ4v) is 3.70. The number of rotatable bonds is 4. The van der Waals surface area contributed by atoms with Crippen molar-refractivity contribution in [2.24, 2.45) is 0 Å². The van der Waals surface area contributed by atoms with Gasteiger partial charge in [-0.25, -0.2) is 4.79 Å². The molecule has 2 aromatic carbocycles. The van der Waals surface area contributed by atoms with Crippen LogP contribution in [-0.4, -0.2) is 25.1 Å². The molecule has 1 atom stereocenters. The highest BCUT2D eigenvalue weighted by Crippen LogP contribution is 2.42. The molecular formula is C22H21NO4. The third kappa shape index (κ3) is 3.10. The van der Waals surface area contributed by atoms with Gasteiger partial charge in [-0.05, 0) is 43.7 Å². The van der Waals surface area contributed by atoms with Gasteiger partial charge in [0, 0.05) is 18.0 Å². The van der Waals surface area contributed by atoms with E-state index in [1.54, 1.807) is 4.90 Å². The third-order valence-electron chi connectivity index (χ3n) is 5.00. The molecule has 1 unspecified atom stereocenters. The smallest absolute Gasteiger partial charge is 0.336 e. The van der Waals surface area contributed by atoms with Crippen LogP contribution in [-0.2, 0) is 14.3 Å². The van der Waals surface area contributed by atoms with Crippen LogP contribution in [0.25, 0.3) is 0 Å². The van der Waals surface area contributed by atoms with Crippen molar-refractivity contribution in [2.75, 3.05) is 18.1 Å². The fraction of sp³-hybridized carbons (Fsp3) is 0.273. The van der Waals surface area contributed by atoms with Crippen molar-refractivity contribution in [3.8, 4) is 5.75 Å². The lowest BCUT2D eigenvalue weighted by atomic mass is 9.84. The Kier molecular flexibility index (Phi) is 4.44. The molecule has 0 saturated carbocycles. The van der Waals surface area contributed by atoms with Crippen LogP contribution in [0.4, 0.5) is 5.69 Å². The van der Waals surface area contributed by atoms with Gasteiger partial charge >= 0.3 is 5.97 Å². The Morgan fingerprint density at radius 3 is 2.44 bits per heavy atom. The Balaban J connectivity index is 1.74. The first kappa shape index (κ1) is 17.3. The summed E-state index contributed by atoms with van der Waals surface area (Å²) < 4.78 is 10.8. The van der Waals surface area contributed by atoms with Gasteiger partial charge in [0.15, 0.2) is 0 Å². The molecule has 2 aliphatic heterocycles. The number of anilines is 1. The molecule has 2 aliphatic rings. The van der Waals surface area contributed by atoms with Crippen LogP contribution >= 0.6 is 0 Å². The lowest BCUT2D eigenvalue weighted by Gasteiger charge is -2.32. The quantitative estimate of drug-likeness (QED) is 0.777. The molecule has 4 rings (SSSR count). The first-order valence-electron chi connectivity index (χ1n) is 9.11. The number of aryl methyl sites for hydroxylation is 1. The maximum absolute atomic E-state index is 13.0. The van der Waals surface area contributed by atoms with E-state index in [1.807, 2.05) is 62.4 Å². The van der Waals surface area contributed by atoms with Crippen molar-refractivity contribution >= 4 is 17.6 Å². The minimum absolute atomic E-state index is 0.0326. The van der Waals surface area contributed by atoms with E-state index in [0.717, 1.165) is 22.6 Å². The highest BCUT2D eigenvalue weighted by molar-refractivity contribution is 6.06. The standard InChI is InChI=1S/C22H21NO4/c1-3-26-17-10-6-15(7-11-17)18-12-20(24)23(16-8-4-14(2)5-9-16)19-13-27-22(25)21(18)19/h4-11,18H,3,12-13H2,1-2H3. The van der Waals surface area contributed by atoms with Crippen LogP contribution in [0.1, 0.15) is 30.4 Å². The number of hydrogen-bond acceptors (Lipinski definition) is 4. The highest BCUT2D eigenvalue weighted by atomic mass is 16.5. The van der Waals surface area contributed by atoms with Crippen molar-refractivity contribution in [1.82, 2.24) is 0 Å². The lowest BCUT2D eigenvalue weighted by Crippen LogP contribution is -2.37. The van der Waals surface area contributed by atoms with Crippen LogP contribution in [0.3, 0.4) is 0 Å². The topological polar surface area (TPSA) is 55.8 Å². The highest BCUT2D eigenvalue weighted by Gasteiger charge is 2.42. The molecule has 0 spiro atoms. The minimum atomic E-state index is -0.339. The molecule has 5 nitrogen and oxygen atoms in total. The maximum Gasteiger partial charge on any atom is 0.336 e. The number of esters is 1. The number of hydrogen-bond donors (Lipinski definition) is 0. The summed E-state index contributed by atoms with van der Waals surface area (Å²) in [5.74, 6) is 0.107. The van der Waals surface area contributed by atoms with Gasteiger partial charge in [0.1, 0.15) is 12.4 Å². The van der Waals surface area contributed by atoms with E-state index in [4.69, 9.17) is 9.47 Å². The molecular weight excluding hydrogens is 342 g/mol. The summed E-state index contributed by atoms with van der Waals surface area (Å²) in [7, 11) is 0. The Morgan fingerprint density at radius 2 is 1.78 bits per heavy atom. The number of carbonyl (C=O) groups excluding carboxylic acids is 2. The molecule has 5 heteroatoms. The Hall–Kier alpha value is -3.08. The van der Waals surface area contributed by atoms with Gasteiger partial charge in [0.05, 0.1) is 17.9 Å². The Labute approximate surface area is 158 Å². The zero-order chi connectivity index (χ0) is 19.0. The van der Waals surface area contributed by atoms with Crippen LogP contribution in [0.15, 0.2) is 59.8 Å². The predicted molar refractivity (Wildman–Crippen MR) is 102 cm³/mol. The van der Waals surface area contributed by atoms with Crippen molar-refractivity contribution in [2.45, 2.75) is 26.2 Å². The Morgan fingerprint density at radius 1 is 1.07 bits per heavy atom. The van der Waals surface area contributed by atoms with Gasteiger partial charge in [-0.15, -0.1) is 0 Å². The number of amides is 1. The van der Waals surface area contributed by atoms with Crippen molar-refractivity contribution in [3.05, 3.63) is 70.9 Å². The van der Waals surface area contributed by atoms with Crippen molar-refractivity contribution in [1.29, 1.82) is 0 Å². The first-order chi connectivity index (χ1) is 13.1. The summed E-state index contributed by atoms with van der Waals surface area (Å²) in [6.45, 7) is 4.64. The van der Waals surface area contributed by atoms with E-state index in [-0.39, 0.29) is 30.8 Å². The molecule has 27 heavy (non-hydrogen) atoms. The summed E-state index contributed by atoms with van der Waals surface area (Å²) in [5.41, 5.74) is 4.03. The molecule has 0 aliphatic carbocycles. The molecule has 0 aromatic heterocycles. The summed E-state index contributed by atoms with van der Waals surface area (Å²) in [6.07, 6.45) is 0.232. The molecule has 1 amide bonds. The normalized spacial score (nSPS) is 19.2. The summed E-state index contributed by atoms with van der Waals surface area (Å²) in [4.78, 5) is 27.1. The van der Waals surface area contributed by atoms with Crippen LogP contribution in [0.5, 0.6) is 5.75 Å². The number of ether oxygens (including phenoxy) is 2. The number of nitrogens with zero attached hydrogens (tertiary/aromatic N) is 1. The molecule has 0 radical (unpaired) electrons. The lowest BCUT2D eigenvalue weighted by molar-refractivity contribution is -0.136. The molecule has 0 saturated heterocycles. The van der Waals surface area contributed by atoms with E-state index in [9.17, 15) is 9.59 Å². The van der Waals surface area contributed by atoms with Gasteiger partial charge in [-0.1, -0.05) is 29.8 Å². The Bertz CT molecular complexity index is 912. The summed E-state index contributed by atoms with van der Waals surface area (Å²) in [5, 5.41) is 0. The van der Waals surface area contributed by atoms with E-state index in [0.29, 0.717) is 17.9 Å². The van der Waals surface area contributed by atoms with E-state index in [2.05, 4.69) is 0 Å². The third-order valence-corrected chi connectivity index (χ3v) is 5.00. The van der Waals surface area contributed by atoms with Crippen LogP contribution in [0, 0.1) is 6.92 Å². The van der Waals surface area contributed by atoms with E-state index < -0.39 is 0 Å². The first-order valence-corrected chi connectivity index (χ1v) is 9.11. The van der Waals surface area contributed by atoms with E-state index in [1.165, 1.54) is 0 Å². The summed E-state index contributed by atoms with van der Waals surface area (Å²) >= 11 is 0. The zero-order valence-corrected chi connectivity index (χ0v) is 15.4. The second-order valence-corrected chi connectivity index (χ2v) is 6.76. The minimum Gasteiger partial charge on any atom is -0.494 e. The maximum atomic E-state index is 13.0. The number of carbonyl (C=O) groups is 2. The molecule has 0 N–H and O–H groups in total. The molecule has 2 aromatic rings. The van der Waals surface area contributed by atoms with Crippen molar-refractivity contribution < 1.29 is 19.1 Å². The fourth-order valence-electron chi connectivity index (χ4n) is 3.70. The van der Waals surface area contributed by atoms with Gasteiger partial charge in [0.2, 0.25) is 5.91 Å². The largest absolute Gasteiger partial charge is 0.494 e. The molecule has 2 heterocycles. The van der Waals surface area contributed by atoms with Crippen LogP contribution < -0.4 is 9.64 Å². The van der Waals surface area contributed by atoms with Gasteiger partial charge in [0.25, 0.3) is 0 Å². The second kappa shape index (κ2) is 6.91. The van der Waals surface area contributed by atoms with Crippen molar-refractivity contribution in [3.63, 3.8) is 0 Å². The van der Waals surface area contributed by atoms with Gasteiger partial charge < -0.3 is 9.47 Å². The average Bonchev–Trinajstić information content (AvgIpc) is 3.05. The molecule has 138 valence electrons. The van der Waals surface area contributed by atoms with Gasteiger partial charge in [-0.3, -0.25) is 9.69 Å². The van der Waals surface area contributed by atoms with Crippen LogP contribution in [0.2, 0.25) is 0 Å². The number of benzene rings is 2. The summed E-state index contributed by atoms with van der Waals surface area (Å²) in [6, 6.07) is 15.3. The van der Waals surface area contributed by atoms with E-state index >= 15 is 0 Å². The monoisotopic (exact) mass is 363 g/mol. The predicted octanol–water partition coefficient (Wildman–Crippen LogP) is 3.73.